The maximum absolute atomic E-state index is 12.8. The molecule has 6 nitrogen and oxygen atoms in total. The SMILES string of the molecule is CCCCCCCCCCCCCCCCCCCCCC(=O)OC[C@H](COC(=O)CCCCCCCCC(C)CC)OC(=O)CCCCCCCCCCCCCCCC. The van der Waals surface area contributed by atoms with Gasteiger partial charge in [-0.25, -0.2) is 0 Å². The molecule has 0 heterocycles. The maximum atomic E-state index is 12.8. The van der Waals surface area contributed by atoms with Crippen LogP contribution in [0.2, 0.25) is 0 Å². The molecule has 0 fully saturated rings. The monoisotopic (exact) mass is 863 g/mol. The fourth-order valence-corrected chi connectivity index (χ4v) is 8.36. The molecule has 0 amide bonds. The molecule has 0 saturated heterocycles. The third kappa shape index (κ3) is 47.7. The van der Waals surface area contributed by atoms with Crippen LogP contribution in [0, 0.1) is 5.92 Å². The summed E-state index contributed by atoms with van der Waals surface area (Å²) in [6.45, 7) is 9.01. The molecular weight excluding hydrogens is 757 g/mol. The molecule has 0 bridgehead atoms. The average Bonchev–Trinajstić information content (AvgIpc) is 3.26. The minimum absolute atomic E-state index is 0.0631. The van der Waals surface area contributed by atoms with Crippen LogP contribution in [0.4, 0.5) is 0 Å². The third-order valence-electron chi connectivity index (χ3n) is 12.9. The predicted molar refractivity (Wildman–Crippen MR) is 261 cm³/mol. The Labute approximate surface area is 380 Å². The van der Waals surface area contributed by atoms with E-state index in [1.807, 2.05) is 0 Å². The zero-order valence-corrected chi connectivity index (χ0v) is 41.6. The molecule has 0 aromatic carbocycles. The van der Waals surface area contributed by atoms with E-state index in [0.29, 0.717) is 19.3 Å². The Balaban J connectivity index is 4.24. The Morgan fingerprint density at radius 3 is 0.852 bits per heavy atom. The van der Waals surface area contributed by atoms with E-state index < -0.39 is 6.10 Å². The Bertz CT molecular complexity index is 920. The van der Waals surface area contributed by atoms with Crippen LogP contribution >= 0.6 is 0 Å². The quantitative estimate of drug-likeness (QED) is 0.0344. The van der Waals surface area contributed by atoms with Gasteiger partial charge in [-0.3, -0.25) is 14.4 Å². The molecule has 0 spiro atoms. The van der Waals surface area contributed by atoms with Gasteiger partial charge >= 0.3 is 17.9 Å². The largest absolute Gasteiger partial charge is 0.462 e. The summed E-state index contributed by atoms with van der Waals surface area (Å²) < 4.78 is 16.8. The summed E-state index contributed by atoms with van der Waals surface area (Å²) in [4.78, 5) is 38.0. The lowest BCUT2D eigenvalue weighted by Gasteiger charge is -2.18. The van der Waals surface area contributed by atoms with Crippen molar-refractivity contribution in [3.8, 4) is 0 Å². The van der Waals surface area contributed by atoms with E-state index in [1.165, 1.54) is 205 Å². The second kappa shape index (κ2) is 49.4. The maximum Gasteiger partial charge on any atom is 0.306 e. The molecule has 0 N–H and O–H groups in total. The Hall–Kier alpha value is -1.59. The first-order valence-corrected chi connectivity index (χ1v) is 27.4. The lowest BCUT2D eigenvalue weighted by Crippen LogP contribution is -2.30. The molecule has 0 rings (SSSR count). The molecule has 0 aromatic rings. The van der Waals surface area contributed by atoms with Crippen LogP contribution < -0.4 is 0 Å². The Morgan fingerprint density at radius 1 is 0.328 bits per heavy atom. The highest BCUT2D eigenvalue weighted by atomic mass is 16.6. The highest BCUT2D eigenvalue weighted by Gasteiger charge is 2.19. The highest BCUT2D eigenvalue weighted by Crippen LogP contribution is 2.18. The van der Waals surface area contributed by atoms with Crippen molar-refractivity contribution in [2.45, 2.75) is 316 Å². The summed E-state index contributed by atoms with van der Waals surface area (Å²) in [7, 11) is 0. The zero-order chi connectivity index (χ0) is 44.5. The molecule has 0 aliphatic heterocycles. The van der Waals surface area contributed by atoms with Gasteiger partial charge in [0.25, 0.3) is 0 Å². The number of hydrogen-bond acceptors (Lipinski definition) is 6. The van der Waals surface area contributed by atoms with Crippen molar-refractivity contribution in [2.24, 2.45) is 5.92 Å². The number of carbonyl (C=O) groups is 3. The Kier molecular flexibility index (Phi) is 48.1. The standard InChI is InChI=1S/C55H106O6/c1-5-8-10-12-14-16-18-20-22-23-24-25-26-28-29-31-33-38-42-46-53(56)59-49-52(50-60-54(57)47-43-39-36-35-37-41-45-51(4)7-3)61-55(58)48-44-40-34-32-30-27-21-19-17-15-13-11-9-6-2/h51-52H,5-50H2,1-4H3/t51?,52-/m1/s1. The summed E-state index contributed by atoms with van der Waals surface area (Å²) >= 11 is 0. The van der Waals surface area contributed by atoms with Gasteiger partial charge in [0.1, 0.15) is 13.2 Å². The summed E-state index contributed by atoms with van der Waals surface area (Å²) in [5.41, 5.74) is 0. The number of ether oxygens (including phenoxy) is 3. The topological polar surface area (TPSA) is 78.9 Å². The van der Waals surface area contributed by atoms with Crippen LogP contribution in [-0.4, -0.2) is 37.2 Å². The van der Waals surface area contributed by atoms with Crippen LogP contribution in [0.3, 0.4) is 0 Å². The van der Waals surface area contributed by atoms with Crippen molar-refractivity contribution in [1.82, 2.24) is 0 Å². The molecular formula is C55H106O6. The molecule has 0 aromatic heterocycles. The van der Waals surface area contributed by atoms with Gasteiger partial charge in [-0.2, -0.15) is 0 Å². The molecule has 0 aliphatic rings. The van der Waals surface area contributed by atoms with Crippen molar-refractivity contribution in [3.05, 3.63) is 0 Å². The third-order valence-corrected chi connectivity index (χ3v) is 12.9. The summed E-state index contributed by atoms with van der Waals surface area (Å²) in [6.07, 6.45) is 52.4. The van der Waals surface area contributed by atoms with Crippen molar-refractivity contribution < 1.29 is 28.6 Å². The lowest BCUT2D eigenvalue weighted by atomic mass is 10.00. The Morgan fingerprint density at radius 2 is 0.574 bits per heavy atom. The van der Waals surface area contributed by atoms with Gasteiger partial charge in [-0.1, -0.05) is 272 Å². The molecule has 0 aliphatic carbocycles. The minimum atomic E-state index is -0.761. The number of esters is 3. The molecule has 61 heavy (non-hydrogen) atoms. The van der Waals surface area contributed by atoms with Crippen LogP contribution in [0.25, 0.3) is 0 Å². The normalized spacial score (nSPS) is 12.4. The lowest BCUT2D eigenvalue weighted by molar-refractivity contribution is -0.167. The van der Waals surface area contributed by atoms with E-state index in [9.17, 15) is 14.4 Å². The van der Waals surface area contributed by atoms with Gasteiger partial charge in [0.05, 0.1) is 0 Å². The van der Waals surface area contributed by atoms with Gasteiger partial charge in [-0.15, -0.1) is 0 Å². The van der Waals surface area contributed by atoms with E-state index >= 15 is 0 Å². The molecule has 1 unspecified atom stereocenters. The number of rotatable bonds is 50. The average molecular weight is 863 g/mol. The fourth-order valence-electron chi connectivity index (χ4n) is 8.36. The summed E-state index contributed by atoms with van der Waals surface area (Å²) in [6, 6.07) is 0. The molecule has 2 atom stereocenters. The van der Waals surface area contributed by atoms with Crippen molar-refractivity contribution in [3.63, 3.8) is 0 Å². The van der Waals surface area contributed by atoms with Gasteiger partial charge < -0.3 is 14.2 Å². The van der Waals surface area contributed by atoms with Crippen LogP contribution in [0.15, 0.2) is 0 Å². The first-order valence-electron chi connectivity index (χ1n) is 27.4. The fraction of sp³-hybridized carbons (Fsp3) is 0.945. The van der Waals surface area contributed by atoms with Crippen LogP contribution in [-0.2, 0) is 28.6 Å². The van der Waals surface area contributed by atoms with E-state index in [1.54, 1.807) is 0 Å². The molecule has 362 valence electrons. The number of unbranched alkanes of at least 4 members (excludes halogenated alkanes) is 36. The first-order chi connectivity index (χ1) is 29.9. The second-order valence-electron chi connectivity index (χ2n) is 19.1. The van der Waals surface area contributed by atoms with Gasteiger partial charge in [0.15, 0.2) is 6.10 Å². The molecule has 6 heteroatoms. The predicted octanol–water partition coefficient (Wildman–Crippen LogP) is 17.8. The second-order valence-corrected chi connectivity index (χ2v) is 19.1. The summed E-state index contributed by atoms with van der Waals surface area (Å²) in [5, 5.41) is 0. The van der Waals surface area contributed by atoms with Crippen molar-refractivity contribution >= 4 is 17.9 Å². The first kappa shape index (κ1) is 59.4. The highest BCUT2D eigenvalue weighted by molar-refractivity contribution is 5.71. The summed E-state index contributed by atoms with van der Waals surface area (Å²) in [5.74, 6) is -0.0300. The number of hydrogen-bond donors (Lipinski definition) is 0. The van der Waals surface area contributed by atoms with Gasteiger partial charge in [0, 0.05) is 19.3 Å². The van der Waals surface area contributed by atoms with Crippen LogP contribution in [0.1, 0.15) is 310 Å². The van der Waals surface area contributed by atoms with Crippen molar-refractivity contribution in [1.29, 1.82) is 0 Å². The zero-order valence-electron chi connectivity index (χ0n) is 41.6. The van der Waals surface area contributed by atoms with E-state index in [2.05, 4.69) is 27.7 Å². The van der Waals surface area contributed by atoms with E-state index in [4.69, 9.17) is 14.2 Å². The van der Waals surface area contributed by atoms with E-state index in [-0.39, 0.29) is 31.1 Å². The van der Waals surface area contributed by atoms with Crippen LogP contribution in [0.5, 0.6) is 0 Å². The van der Waals surface area contributed by atoms with Gasteiger partial charge in [-0.05, 0) is 25.2 Å². The molecule has 0 saturated carbocycles. The number of carbonyl (C=O) groups excluding carboxylic acids is 3. The smallest absolute Gasteiger partial charge is 0.306 e. The van der Waals surface area contributed by atoms with E-state index in [0.717, 1.165) is 63.7 Å². The minimum Gasteiger partial charge on any atom is -0.462 e. The van der Waals surface area contributed by atoms with Crippen molar-refractivity contribution in [2.75, 3.05) is 13.2 Å². The van der Waals surface area contributed by atoms with Gasteiger partial charge in [0.2, 0.25) is 0 Å². The molecule has 0 radical (unpaired) electrons.